The van der Waals surface area contributed by atoms with Crippen molar-refractivity contribution >= 4 is 41.1 Å². The number of hydrogen-bond acceptors (Lipinski definition) is 8. The highest BCUT2D eigenvalue weighted by molar-refractivity contribution is 6.02. The van der Waals surface area contributed by atoms with E-state index < -0.39 is 53.0 Å². The summed E-state index contributed by atoms with van der Waals surface area (Å²) in [5.74, 6) is -2.32. The van der Waals surface area contributed by atoms with Crippen molar-refractivity contribution < 1.29 is 28.8 Å². The van der Waals surface area contributed by atoms with Crippen LogP contribution in [0.1, 0.15) is 53.9 Å². The number of rotatable bonds is 14. The van der Waals surface area contributed by atoms with Crippen LogP contribution < -0.4 is 32.7 Å². The molecule has 0 saturated heterocycles. The van der Waals surface area contributed by atoms with Gasteiger partial charge in [-0.3, -0.25) is 34.4 Å². The Hall–Kier alpha value is -4.43. The molecule has 15 heteroatoms. The molecular weight excluding hydrogens is 524 g/mol. The van der Waals surface area contributed by atoms with Crippen LogP contribution in [0.4, 0.5) is 16.2 Å². The van der Waals surface area contributed by atoms with Crippen molar-refractivity contribution in [2.45, 2.75) is 71.6 Å². The molecule has 1 rings (SSSR count). The van der Waals surface area contributed by atoms with Gasteiger partial charge in [-0.25, -0.2) is 4.79 Å². The first kappa shape index (κ1) is 33.6. The minimum atomic E-state index is -1.17. The summed E-state index contributed by atoms with van der Waals surface area (Å²) < 4.78 is 5.24. The van der Waals surface area contributed by atoms with E-state index in [1.165, 1.54) is 24.3 Å². The smallest absolute Gasteiger partial charge is 0.408 e. The quantitative estimate of drug-likeness (QED) is 0.0707. The summed E-state index contributed by atoms with van der Waals surface area (Å²) in [5, 5.41) is 16.1. The number of carbonyl (C=O) groups is 4. The number of nitro benzene ring substituents is 1. The maximum absolute atomic E-state index is 13.4. The third-order valence-corrected chi connectivity index (χ3v) is 5.31. The number of amides is 4. The van der Waals surface area contributed by atoms with Gasteiger partial charge in [-0.15, -0.1) is 0 Å². The van der Waals surface area contributed by atoms with Crippen LogP contribution in [0.5, 0.6) is 0 Å². The number of aliphatic imine (C=N–C) groups is 1. The van der Waals surface area contributed by atoms with E-state index in [-0.39, 0.29) is 49.1 Å². The maximum atomic E-state index is 13.4. The first-order valence-corrected chi connectivity index (χ1v) is 12.7. The summed E-state index contributed by atoms with van der Waals surface area (Å²) >= 11 is 0. The van der Waals surface area contributed by atoms with Gasteiger partial charge < -0.3 is 32.6 Å². The van der Waals surface area contributed by atoms with E-state index in [2.05, 4.69) is 15.6 Å². The molecule has 222 valence electrons. The Labute approximate surface area is 233 Å². The normalized spacial score (nSPS) is 12.6. The highest BCUT2D eigenvalue weighted by atomic mass is 16.6. The second kappa shape index (κ2) is 15.2. The minimum Gasteiger partial charge on any atom is -0.444 e. The predicted molar refractivity (Wildman–Crippen MR) is 149 cm³/mol. The molecule has 0 aliphatic heterocycles. The zero-order valence-corrected chi connectivity index (χ0v) is 23.5. The Morgan fingerprint density at radius 3 is 2.17 bits per heavy atom. The summed E-state index contributed by atoms with van der Waals surface area (Å²) in [6.45, 7) is 8.37. The van der Waals surface area contributed by atoms with Gasteiger partial charge in [-0.05, 0) is 58.1 Å². The van der Waals surface area contributed by atoms with Crippen LogP contribution >= 0.6 is 0 Å². The molecule has 0 heterocycles. The number of non-ortho nitro benzene ring substituents is 1. The number of benzene rings is 1. The standard InChI is InChI=1S/C25H40N8O7/c1-15(2)13-18(31-24(37)40-25(3,4)5)22(36)30-14-20(34)32(16-8-10-17(11-9-16)33(38)39)19(21(26)35)7-6-12-29-23(27)28/h8-11,15,18-19H,6-7,12-14H2,1-5H3,(H2,26,35)(H,30,36)(H,31,37)(H4,27,28,29)/t18-,19-/m0/s1. The molecule has 1 aromatic rings. The topological polar surface area (TPSA) is 238 Å². The van der Waals surface area contributed by atoms with Gasteiger partial charge in [0.1, 0.15) is 17.7 Å². The number of primary amides is 1. The van der Waals surface area contributed by atoms with Crippen LogP contribution in [0.2, 0.25) is 0 Å². The number of nitrogens with one attached hydrogen (secondary N) is 2. The molecule has 0 aromatic heterocycles. The van der Waals surface area contributed by atoms with Gasteiger partial charge in [0.05, 0.1) is 11.5 Å². The van der Waals surface area contributed by atoms with E-state index in [1.807, 2.05) is 13.8 Å². The van der Waals surface area contributed by atoms with Crippen LogP contribution in [0.25, 0.3) is 0 Å². The summed E-state index contributed by atoms with van der Waals surface area (Å²) in [4.78, 5) is 66.5. The molecule has 0 aliphatic rings. The Balaban J connectivity index is 3.18. The monoisotopic (exact) mass is 564 g/mol. The Bertz CT molecular complexity index is 1080. The number of carbonyl (C=O) groups excluding carboxylic acids is 4. The van der Waals surface area contributed by atoms with E-state index in [0.29, 0.717) is 0 Å². The van der Waals surface area contributed by atoms with Crippen LogP contribution in [-0.2, 0) is 19.1 Å². The van der Waals surface area contributed by atoms with Gasteiger partial charge in [0.2, 0.25) is 17.7 Å². The molecule has 0 unspecified atom stereocenters. The molecule has 0 bridgehead atoms. The van der Waals surface area contributed by atoms with Crippen LogP contribution in [0.3, 0.4) is 0 Å². The molecule has 0 saturated carbocycles. The second-order valence-electron chi connectivity index (χ2n) is 10.5. The second-order valence-corrected chi connectivity index (χ2v) is 10.5. The lowest BCUT2D eigenvalue weighted by molar-refractivity contribution is -0.384. The van der Waals surface area contributed by atoms with Crippen molar-refractivity contribution in [2.24, 2.45) is 28.1 Å². The number of guanidine groups is 1. The van der Waals surface area contributed by atoms with Crippen molar-refractivity contribution in [2.75, 3.05) is 18.0 Å². The minimum absolute atomic E-state index is 0.0162. The number of alkyl carbamates (subject to hydrolysis) is 1. The third-order valence-electron chi connectivity index (χ3n) is 5.31. The summed E-state index contributed by atoms with van der Waals surface area (Å²) in [6, 6.07) is 2.78. The maximum Gasteiger partial charge on any atom is 0.408 e. The van der Waals surface area contributed by atoms with Gasteiger partial charge in [-0.2, -0.15) is 0 Å². The lowest BCUT2D eigenvalue weighted by Gasteiger charge is -2.30. The molecule has 0 fully saturated rings. The fourth-order valence-corrected chi connectivity index (χ4v) is 3.65. The Morgan fingerprint density at radius 2 is 1.70 bits per heavy atom. The average Bonchev–Trinajstić information content (AvgIpc) is 2.82. The van der Waals surface area contributed by atoms with Gasteiger partial charge in [0, 0.05) is 24.4 Å². The lowest BCUT2D eigenvalue weighted by atomic mass is 10.0. The van der Waals surface area contributed by atoms with E-state index >= 15 is 0 Å². The first-order chi connectivity index (χ1) is 18.5. The van der Waals surface area contributed by atoms with Crippen LogP contribution in [-0.4, -0.2) is 65.5 Å². The zero-order chi connectivity index (χ0) is 30.6. The summed E-state index contributed by atoms with van der Waals surface area (Å²) in [6.07, 6.45) is -0.175. The van der Waals surface area contributed by atoms with Gasteiger partial charge >= 0.3 is 6.09 Å². The van der Waals surface area contributed by atoms with E-state index in [0.717, 1.165) is 4.90 Å². The number of hydrogen-bond donors (Lipinski definition) is 5. The molecule has 1 aromatic carbocycles. The first-order valence-electron chi connectivity index (χ1n) is 12.7. The number of ether oxygens (including phenoxy) is 1. The molecule has 15 nitrogen and oxygen atoms in total. The molecule has 0 aliphatic carbocycles. The summed E-state index contributed by atoms with van der Waals surface area (Å²) in [5.41, 5.74) is 15.4. The number of nitrogens with two attached hydrogens (primary N) is 3. The van der Waals surface area contributed by atoms with E-state index in [4.69, 9.17) is 21.9 Å². The van der Waals surface area contributed by atoms with Crippen LogP contribution in [0.15, 0.2) is 29.3 Å². The van der Waals surface area contributed by atoms with Gasteiger partial charge in [0.25, 0.3) is 5.69 Å². The van der Waals surface area contributed by atoms with Gasteiger partial charge in [0.15, 0.2) is 5.96 Å². The molecule has 0 radical (unpaired) electrons. The molecule has 4 amide bonds. The number of nitrogens with zero attached hydrogens (tertiary/aromatic N) is 3. The predicted octanol–water partition coefficient (Wildman–Crippen LogP) is 0.891. The highest BCUT2D eigenvalue weighted by Gasteiger charge is 2.31. The molecular formula is C25H40N8O7. The van der Waals surface area contributed by atoms with Crippen LogP contribution in [0, 0.1) is 16.0 Å². The Morgan fingerprint density at radius 1 is 1.10 bits per heavy atom. The number of nitro groups is 1. The van der Waals surface area contributed by atoms with Crippen molar-refractivity contribution in [3.63, 3.8) is 0 Å². The number of anilines is 1. The fraction of sp³-hybridized carbons (Fsp3) is 0.560. The van der Waals surface area contributed by atoms with Crippen molar-refractivity contribution in [1.82, 2.24) is 10.6 Å². The third kappa shape index (κ3) is 12.0. The van der Waals surface area contributed by atoms with E-state index in [9.17, 15) is 29.3 Å². The Kier molecular flexibility index (Phi) is 12.8. The summed E-state index contributed by atoms with van der Waals surface area (Å²) in [7, 11) is 0. The van der Waals surface area contributed by atoms with Gasteiger partial charge in [-0.1, -0.05) is 13.8 Å². The van der Waals surface area contributed by atoms with Crippen molar-refractivity contribution in [3.05, 3.63) is 34.4 Å². The van der Waals surface area contributed by atoms with E-state index in [1.54, 1.807) is 20.8 Å². The largest absolute Gasteiger partial charge is 0.444 e. The SMILES string of the molecule is CC(C)C[C@H](NC(=O)OC(C)(C)C)C(=O)NCC(=O)N(c1ccc([N+](=O)[O-])cc1)[C@@H](CCCN=C(N)N)C(N)=O. The molecule has 2 atom stereocenters. The van der Waals surface area contributed by atoms with Crippen molar-refractivity contribution in [1.29, 1.82) is 0 Å². The highest BCUT2D eigenvalue weighted by Crippen LogP contribution is 2.23. The molecule has 40 heavy (non-hydrogen) atoms. The molecule has 0 spiro atoms. The van der Waals surface area contributed by atoms with Crippen molar-refractivity contribution in [3.8, 4) is 0 Å². The zero-order valence-electron chi connectivity index (χ0n) is 23.5. The molecule has 8 N–H and O–H groups in total. The lowest BCUT2D eigenvalue weighted by Crippen LogP contribution is -2.54. The fourth-order valence-electron chi connectivity index (χ4n) is 3.65. The average molecular weight is 565 g/mol.